The summed E-state index contributed by atoms with van der Waals surface area (Å²) < 4.78 is 15.8. The van der Waals surface area contributed by atoms with Crippen LogP contribution in [0.3, 0.4) is 0 Å². The Morgan fingerprint density at radius 3 is 2.04 bits per heavy atom. The number of isothiocyanates is 1. The van der Waals surface area contributed by atoms with E-state index in [2.05, 4.69) is 17.2 Å². The van der Waals surface area contributed by atoms with Crippen LogP contribution in [0.4, 0.5) is 0 Å². The minimum absolute atomic E-state index is 0.630. The Morgan fingerprint density at radius 1 is 0.840 bits per heavy atom. The van der Waals surface area contributed by atoms with Crippen LogP contribution in [-0.4, -0.2) is 115 Å². The van der Waals surface area contributed by atoms with Crippen molar-refractivity contribution in [3.63, 3.8) is 0 Å². The fourth-order valence-electron chi connectivity index (χ4n) is 2.73. The topological polar surface area (TPSA) is 182 Å². The lowest BCUT2D eigenvalue weighted by molar-refractivity contribution is -0.341. The van der Waals surface area contributed by atoms with Gasteiger partial charge in [-0.1, -0.05) is 0 Å². The molecule has 0 spiro atoms. The van der Waals surface area contributed by atoms with Gasteiger partial charge in [0.2, 0.25) is 0 Å². The Bertz CT molecular complexity index is 487. The Morgan fingerprint density at radius 2 is 1.48 bits per heavy atom. The molecule has 2 fully saturated rings. The largest absolute Gasteiger partial charge is 0.394 e. The van der Waals surface area contributed by atoms with Gasteiger partial charge in [0, 0.05) is 0 Å². The normalized spacial score (nSPS) is 48.0. The first kappa shape index (κ1) is 20.7. The number of aliphatic hydroxyl groups excluding tert-OH is 7. The Balaban J connectivity index is 2.15. The monoisotopic (exact) mass is 383 g/mol. The maximum atomic E-state index is 10.2. The first-order valence-corrected chi connectivity index (χ1v) is 7.92. The molecule has 2 aliphatic rings. The van der Waals surface area contributed by atoms with E-state index >= 15 is 0 Å². The van der Waals surface area contributed by atoms with Crippen LogP contribution in [0.25, 0.3) is 0 Å². The molecule has 11 nitrogen and oxygen atoms in total. The SMILES string of the molecule is OC[C@H]1O[C@@H](O[C@H]2[C@H](O)[C@@H](O)[C@H](N=C=S)O[C@@H]2CO)[C@H](O)[C@@H](O)[C@H]1O. The average Bonchev–Trinajstić information content (AvgIpc) is 2.61. The van der Waals surface area contributed by atoms with Crippen molar-refractivity contribution in [1.29, 1.82) is 0 Å². The third-order valence-electron chi connectivity index (χ3n) is 4.16. The van der Waals surface area contributed by atoms with E-state index in [1.54, 1.807) is 0 Å². The number of aliphatic imine (C=N–C) groups is 1. The number of rotatable bonds is 5. The summed E-state index contributed by atoms with van der Waals surface area (Å²) in [5.41, 5.74) is 0. The molecule has 2 heterocycles. The summed E-state index contributed by atoms with van der Waals surface area (Å²) in [4.78, 5) is 3.54. The molecule has 0 aromatic heterocycles. The van der Waals surface area contributed by atoms with Crippen molar-refractivity contribution in [2.75, 3.05) is 13.2 Å². The number of hydrogen-bond acceptors (Lipinski definition) is 12. The molecule has 2 saturated heterocycles. The smallest absolute Gasteiger partial charge is 0.187 e. The van der Waals surface area contributed by atoms with E-state index in [1.807, 2.05) is 5.16 Å². The zero-order chi connectivity index (χ0) is 18.7. The van der Waals surface area contributed by atoms with Crippen LogP contribution < -0.4 is 0 Å². The molecule has 2 rings (SSSR count). The van der Waals surface area contributed by atoms with Crippen molar-refractivity contribution in [1.82, 2.24) is 0 Å². The predicted molar refractivity (Wildman–Crippen MR) is 81.4 cm³/mol. The molecule has 0 unspecified atom stereocenters. The van der Waals surface area contributed by atoms with Crippen LogP contribution in [0.2, 0.25) is 0 Å². The lowest BCUT2D eigenvalue weighted by Crippen LogP contribution is -2.64. The summed E-state index contributed by atoms with van der Waals surface area (Å²) in [5.74, 6) is 0. The fourth-order valence-corrected chi connectivity index (χ4v) is 2.83. The molecule has 0 aromatic carbocycles. The highest BCUT2D eigenvalue weighted by Crippen LogP contribution is 2.29. The number of ether oxygens (including phenoxy) is 3. The summed E-state index contributed by atoms with van der Waals surface area (Å²) in [7, 11) is 0. The molecular weight excluding hydrogens is 362 g/mol. The summed E-state index contributed by atoms with van der Waals surface area (Å²) in [6.07, 6.45) is -14.7. The van der Waals surface area contributed by atoms with Gasteiger partial charge in [-0.2, -0.15) is 4.99 Å². The molecule has 144 valence electrons. The summed E-state index contributed by atoms with van der Waals surface area (Å²) in [6, 6.07) is 0. The Kier molecular flexibility index (Phi) is 7.34. The van der Waals surface area contributed by atoms with E-state index in [-0.39, 0.29) is 0 Å². The molecule has 25 heavy (non-hydrogen) atoms. The van der Waals surface area contributed by atoms with Gasteiger partial charge in [0.05, 0.1) is 18.4 Å². The van der Waals surface area contributed by atoms with Crippen molar-refractivity contribution in [3.8, 4) is 0 Å². The Hall–Kier alpha value is -0.600. The molecule has 7 N–H and O–H groups in total. The lowest BCUT2D eigenvalue weighted by atomic mass is 9.96. The lowest BCUT2D eigenvalue weighted by Gasteiger charge is -2.45. The van der Waals surface area contributed by atoms with Gasteiger partial charge in [-0.15, -0.1) is 0 Å². The van der Waals surface area contributed by atoms with Crippen molar-refractivity contribution in [2.24, 2.45) is 4.99 Å². The summed E-state index contributed by atoms with van der Waals surface area (Å²) >= 11 is 4.41. The maximum absolute atomic E-state index is 10.2. The van der Waals surface area contributed by atoms with E-state index in [9.17, 15) is 30.6 Å². The number of aliphatic hydroxyl groups is 7. The molecule has 10 atom stereocenters. The first-order valence-electron chi connectivity index (χ1n) is 7.51. The first-order chi connectivity index (χ1) is 11.8. The van der Waals surface area contributed by atoms with Gasteiger partial charge in [-0.3, -0.25) is 0 Å². The molecule has 0 aliphatic carbocycles. The zero-order valence-electron chi connectivity index (χ0n) is 12.9. The third-order valence-corrected chi connectivity index (χ3v) is 4.26. The van der Waals surface area contributed by atoms with Crippen LogP contribution in [0.15, 0.2) is 4.99 Å². The van der Waals surface area contributed by atoms with Crippen LogP contribution in [0, 0.1) is 0 Å². The van der Waals surface area contributed by atoms with Crippen molar-refractivity contribution in [2.45, 2.75) is 61.3 Å². The van der Waals surface area contributed by atoms with Crippen molar-refractivity contribution in [3.05, 3.63) is 0 Å². The van der Waals surface area contributed by atoms with Crippen LogP contribution in [-0.2, 0) is 14.2 Å². The van der Waals surface area contributed by atoms with Crippen molar-refractivity contribution >= 4 is 17.4 Å². The van der Waals surface area contributed by atoms with Crippen molar-refractivity contribution < 1.29 is 50.0 Å². The molecule has 0 saturated carbocycles. The standard InChI is InChI=1S/C13H21NO10S/c15-1-4-6(17)7(18)10(21)13(23-4)24-11-5(2-16)22-12(14-3-25)9(20)8(11)19/h4-13,15-21H,1-2H2/t4-,5-,6+,7+,8-,9-,10-,11-,12-,13+/m1/s1. The second-order valence-electron chi connectivity index (χ2n) is 5.75. The van der Waals surface area contributed by atoms with Gasteiger partial charge < -0.3 is 50.0 Å². The maximum Gasteiger partial charge on any atom is 0.187 e. The second kappa shape index (κ2) is 8.86. The second-order valence-corrected chi connectivity index (χ2v) is 5.93. The van der Waals surface area contributed by atoms with Gasteiger partial charge in [0.1, 0.15) is 48.8 Å². The molecule has 0 aromatic rings. The molecular formula is C13H21NO10S. The third kappa shape index (κ3) is 4.22. The highest BCUT2D eigenvalue weighted by Gasteiger charge is 2.50. The van der Waals surface area contributed by atoms with E-state index in [0.29, 0.717) is 0 Å². The highest BCUT2D eigenvalue weighted by atomic mass is 32.1. The Labute approximate surface area is 147 Å². The minimum atomic E-state index is -1.71. The molecule has 2 aliphatic heterocycles. The summed E-state index contributed by atoms with van der Waals surface area (Å²) in [6.45, 7) is -1.29. The van der Waals surface area contributed by atoms with Crippen LogP contribution in [0.1, 0.15) is 0 Å². The van der Waals surface area contributed by atoms with E-state index < -0.39 is 74.6 Å². The molecule has 0 radical (unpaired) electrons. The van der Waals surface area contributed by atoms with E-state index in [0.717, 1.165) is 0 Å². The number of nitrogens with zero attached hydrogens (tertiary/aromatic N) is 1. The zero-order valence-corrected chi connectivity index (χ0v) is 13.7. The van der Waals surface area contributed by atoms with E-state index in [1.165, 1.54) is 0 Å². The van der Waals surface area contributed by atoms with Gasteiger partial charge in [-0.05, 0) is 12.2 Å². The number of thiocarbonyl (C=S) groups is 1. The van der Waals surface area contributed by atoms with Crippen LogP contribution in [0.5, 0.6) is 0 Å². The minimum Gasteiger partial charge on any atom is -0.394 e. The van der Waals surface area contributed by atoms with Gasteiger partial charge in [-0.25, -0.2) is 0 Å². The average molecular weight is 383 g/mol. The highest BCUT2D eigenvalue weighted by molar-refractivity contribution is 7.78. The quantitative estimate of drug-likeness (QED) is 0.180. The van der Waals surface area contributed by atoms with Gasteiger partial charge >= 0.3 is 0 Å². The van der Waals surface area contributed by atoms with E-state index in [4.69, 9.17) is 19.3 Å². The van der Waals surface area contributed by atoms with Gasteiger partial charge in [0.25, 0.3) is 0 Å². The van der Waals surface area contributed by atoms with Crippen LogP contribution >= 0.6 is 12.2 Å². The molecule has 0 amide bonds. The predicted octanol–water partition coefficient (Wildman–Crippen LogP) is -4.29. The summed E-state index contributed by atoms with van der Waals surface area (Å²) in [5, 5.41) is 70.2. The fraction of sp³-hybridized carbons (Fsp3) is 0.923. The molecule has 12 heteroatoms. The van der Waals surface area contributed by atoms with Gasteiger partial charge in [0.15, 0.2) is 12.5 Å². The molecule has 0 bridgehead atoms. The number of hydrogen-bond donors (Lipinski definition) is 7.